The highest BCUT2D eigenvalue weighted by Crippen LogP contribution is 2.41. The van der Waals surface area contributed by atoms with Gasteiger partial charge in [-0.3, -0.25) is 4.90 Å². The number of nitrogens with zero attached hydrogens (tertiary/aromatic N) is 8. The molecule has 1 saturated heterocycles. The Hall–Kier alpha value is -3.34. The van der Waals surface area contributed by atoms with Crippen LogP contribution in [-0.2, 0) is 6.54 Å². The van der Waals surface area contributed by atoms with Gasteiger partial charge in [0, 0.05) is 50.7 Å². The van der Waals surface area contributed by atoms with Gasteiger partial charge < -0.3 is 18.9 Å². The quantitative estimate of drug-likeness (QED) is 0.319. The lowest BCUT2D eigenvalue weighted by molar-refractivity contribution is 0.134. The average Bonchev–Trinajstić information content (AvgIpc) is 3.54. The topological polar surface area (TPSA) is 94.3 Å². The molecule has 11 heteroatoms. The zero-order valence-corrected chi connectivity index (χ0v) is 22.4. The molecular weight excluding hydrogens is 504 g/mol. The van der Waals surface area contributed by atoms with Crippen molar-refractivity contribution in [3.63, 3.8) is 0 Å². The van der Waals surface area contributed by atoms with Crippen LogP contribution in [0.2, 0.25) is 5.02 Å². The van der Waals surface area contributed by atoms with Crippen molar-refractivity contribution in [2.45, 2.75) is 31.9 Å². The summed E-state index contributed by atoms with van der Waals surface area (Å²) in [6.07, 6.45) is 6.94. The van der Waals surface area contributed by atoms with Gasteiger partial charge in [0.05, 0.1) is 11.6 Å². The number of rotatable bonds is 9. The van der Waals surface area contributed by atoms with Crippen LogP contribution in [0.15, 0.2) is 43.0 Å². The van der Waals surface area contributed by atoms with Crippen LogP contribution in [0.3, 0.4) is 0 Å². The number of likely N-dealkylation sites (N-methyl/N-ethyl adjacent to an activating group) is 1. The summed E-state index contributed by atoms with van der Waals surface area (Å²) < 4.78 is 14.2. The summed E-state index contributed by atoms with van der Waals surface area (Å²) in [6.45, 7) is 8.26. The van der Waals surface area contributed by atoms with Gasteiger partial charge in [0.25, 0.3) is 0 Å². The number of benzene rings is 1. The Labute approximate surface area is 226 Å². The van der Waals surface area contributed by atoms with Crippen molar-refractivity contribution in [1.82, 2.24) is 39.3 Å². The molecule has 0 bridgehead atoms. The third-order valence-electron chi connectivity index (χ3n) is 7.17. The first-order valence-corrected chi connectivity index (χ1v) is 13.3. The van der Waals surface area contributed by atoms with E-state index in [2.05, 4.69) is 43.7 Å². The van der Waals surface area contributed by atoms with Crippen LogP contribution >= 0.6 is 11.6 Å². The SMILES string of the molecule is CN1CCN(CCOc2ccc(-c3nc4c(OC5(C)CC5)ncnc4n3Cc3ncccn3)c(Cl)c2)CC1. The molecule has 6 rings (SSSR count). The monoisotopic (exact) mass is 534 g/mol. The fraction of sp³-hybridized carbons (Fsp3) is 0.444. The van der Waals surface area contributed by atoms with Crippen LogP contribution in [0.4, 0.5) is 0 Å². The maximum absolute atomic E-state index is 6.82. The molecule has 1 aliphatic carbocycles. The molecule has 10 nitrogen and oxygen atoms in total. The molecule has 0 spiro atoms. The van der Waals surface area contributed by atoms with Crippen LogP contribution in [-0.4, -0.2) is 91.3 Å². The van der Waals surface area contributed by atoms with Gasteiger partial charge in [-0.1, -0.05) is 11.6 Å². The lowest BCUT2D eigenvalue weighted by Gasteiger charge is -2.32. The van der Waals surface area contributed by atoms with E-state index in [1.807, 2.05) is 22.8 Å². The smallest absolute Gasteiger partial charge is 0.245 e. The molecular formula is C27H31ClN8O2. The summed E-state index contributed by atoms with van der Waals surface area (Å²) in [4.78, 5) is 27.5. The van der Waals surface area contributed by atoms with Crippen LogP contribution in [0.1, 0.15) is 25.6 Å². The standard InChI is InChI=1S/C27H31ClN8O2/c1-27(6-7-27)38-26-23-25(31-18-32-26)36(17-22-29-8-3-9-30-22)24(33-23)20-5-4-19(16-21(20)28)37-15-14-35-12-10-34(2)11-13-35/h3-5,8-9,16,18H,6-7,10-15,17H2,1-2H3. The van der Waals surface area contributed by atoms with Crippen molar-refractivity contribution >= 4 is 22.8 Å². The molecule has 0 unspecified atom stereocenters. The lowest BCUT2D eigenvalue weighted by Crippen LogP contribution is -2.45. The van der Waals surface area contributed by atoms with Gasteiger partial charge in [-0.2, -0.15) is 4.98 Å². The predicted molar refractivity (Wildman–Crippen MR) is 145 cm³/mol. The maximum Gasteiger partial charge on any atom is 0.245 e. The second kappa shape index (κ2) is 10.4. The summed E-state index contributed by atoms with van der Waals surface area (Å²) >= 11 is 6.82. The normalized spacial score (nSPS) is 17.6. The van der Waals surface area contributed by atoms with Crippen molar-refractivity contribution in [3.05, 3.63) is 53.8 Å². The molecule has 0 atom stereocenters. The minimum atomic E-state index is -0.200. The van der Waals surface area contributed by atoms with Crippen LogP contribution < -0.4 is 9.47 Å². The Morgan fingerprint density at radius 3 is 2.55 bits per heavy atom. The Morgan fingerprint density at radius 1 is 1.03 bits per heavy atom. The van der Waals surface area contributed by atoms with E-state index in [-0.39, 0.29) is 5.60 Å². The predicted octanol–water partition coefficient (Wildman–Crippen LogP) is 3.54. The summed E-state index contributed by atoms with van der Waals surface area (Å²) in [7, 11) is 2.16. The second-order valence-electron chi connectivity index (χ2n) is 10.2. The number of aromatic nitrogens is 6. The average molecular weight is 535 g/mol. The number of hydrogen-bond acceptors (Lipinski definition) is 9. The third kappa shape index (κ3) is 5.43. The van der Waals surface area contributed by atoms with Crippen LogP contribution in [0, 0.1) is 0 Å². The summed E-state index contributed by atoms with van der Waals surface area (Å²) in [5.41, 5.74) is 1.80. The Balaban J connectivity index is 1.28. The van der Waals surface area contributed by atoms with E-state index < -0.39 is 0 Å². The zero-order chi connectivity index (χ0) is 26.1. The molecule has 2 fully saturated rings. The van der Waals surface area contributed by atoms with E-state index in [0.29, 0.717) is 46.9 Å². The van der Waals surface area contributed by atoms with E-state index >= 15 is 0 Å². The first-order valence-electron chi connectivity index (χ1n) is 13.0. The minimum absolute atomic E-state index is 0.200. The number of imidazole rings is 1. The lowest BCUT2D eigenvalue weighted by atomic mass is 10.2. The van der Waals surface area contributed by atoms with E-state index in [9.17, 15) is 0 Å². The molecule has 1 aliphatic heterocycles. The number of halogens is 1. The molecule has 38 heavy (non-hydrogen) atoms. The summed E-state index contributed by atoms with van der Waals surface area (Å²) in [5.74, 6) is 2.49. The van der Waals surface area contributed by atoms with Gasteiger partial charge in [0.15, 0.2) is 11.2 Å². The number of ether oxygens (including phenoxy) is 2. The zero-order valence-electron chi connectivity index (χ0n) is 21.7. The molecule has 4 aromatic rings. The summed E-state index contributed by atoms with van der Waals surface area (Å²) in [5, 5.41) is 0.539. The third-order valence-corrected chi connectivity index (χ3v) is 7.48. The second-order valence-corrected chi connectivity index (χ2v) is 10.6. The minimum Gasteiger partial charge on any atom is -0.492 e. The number of hydrogen-bond donors (Lipinski definition) is 0. The van der Waals surface area contributed by atoms with Crippen molar-refractivity contribution in [3.8, 4) is 23.0 Å². The Kier molecular flexibility index (Phi) is 6.86. The Morgan fingerprint density at radius 2 is 1.82 bits per heavy atom. The molecule has 198 valence electrons. The molecule has 1 saturated carbocycles. The molecule has 3 aromatic heterocycles. The maximum atomic E-state index is 6.82. The van der Waals surface area contributed by atoms with Gasteiger partial charge in [-0.25, -0.2) is 19.9 Å². The van der Waals surface area contributed by atoms with Crippen molar-refractivity contribution in [2.24, 2.45) is 0 Å². The van der Waals surface area contributed by atoms with Crippen LogP contribution in [0.5, 0.6) is 11.6 Å². The van der Waals surface area contributed by atoms with E-state index in [0.717, 1.165) is 56.9 Å². The highest BCUT2D eigenvalue weighted by molar-refractivity contribution is 6.33. The van der Waals surface area contributed by atoms with Crippen molar-refractivity contribution < 1.29 is 9.47 Å². The van der Waals surface area contributed by atoms with E-state index in [1.165, 1.54) is 6.33 Å². The highest BCUT2D eigenvalue weighted by atomic mass is 35.5. The van der Waals surface area contributed by atoms with Crippen molar-refractivity contribution in [2.75, 3.05) is 46.4 Å². The van der Waals surface area contributed by atoms with Gasteiger partial charge in [-0.15, -0.1) is 0 Å². The van der Waals surface area contributed by atoms with Gasteiger partial charge in [0.1, 0.15) is 35.9 Å². The number of piperazine rings is 1. The largest absolute Gasteiger partial charge is 0.492 e. The fourth-order valence-electron chi connectivity index (χ4n) is 4.54. The molecule has 0 N–H and O–H groups in total. The fourth-order valence-corrected chi connectivity index (χ4v) is 4.80. The van der Waals surface area contributed by atoms with E-state index in [4.69, 9.17) is 26.1 Å². The summed E-state index contributed by atoms with van der Waals surface area (Å²) in [6, 6.07) is 7.51. The van der Waals surface area contributed by atoms with E-state index in [1.54, 1.807) is 18.5 Å². The van der Waals surface area contributed by atoms with Gasteiger partial charge in [-0.05, 0) is 51.1 Å². The van der Waals surface area contributed by atoms with Gasteiger partial charge in [0.2, 0.25) is 5.88 Å². The first kappa shape index (κ1) is 25.0. The molecule has 0 radical (unpaired) electrons. The number of fused-ring (bicyclic) bond motifs is 1. The van der Waals surface area contributed by atoms with Gasteiger partial charge >= 0.3 is 0 Å². The Bertz CT molecular complexity index is 1420. The molecule has 1 aromatic carbocycles. The first-order chi connectivity index (χ1) is 18.5. The highest BCUT2D eigenvalue weighted by Gasteiger charge is 2.41. The molecule has 2 aliphatic rings. The molecule has 4 heterocycles. The molecule has 0 amide bonds. The van der Waals surface area contributed by atoms with Crippen LogP contribution in [0.25, 0.3) is 22.6 Å². The van der Waals surface area contributed by atoms with Crippen molar-refractivity contribution in [1.29, 1.82) is 0 Å².